The van der Waals surface area contributed by atoms with E-state index in [0.29, 0.717) is 25.6 Å². The molecule has 7 heteroatoms. The lowest BCUT2D eigenvalue weighted by molar-refractivity contribution is 0.278. The third-order valence-electron chi connectivity index (χ3n) is 3.40. The summed E-state index contributed by atoms with van der Waals surface area (Å²) in [5.74, 6) is 0.446. The van der Waals surface area contributed by atoms with Gasteiger partial charge in [0.1, 0.15) is 0 Å². The Morgan fingerprint density at radius 2 is 2.05 bits per heavy atom. The Labute approximate surface area is 120 Å². The fraction of sp³-hybridized carbons (Fsp3) is 0.583. The second-order valence-electron chi connectivity index (χ2n) is 4.75. The van der Waals surface area contributed by atoms with Crippen LogP contribution in [0.4, 0.5) is 0 Å². The zero-order valence-corrected chi connectivity index (χ0v) is 12.6. The molecule has 0 bridgehead atoms. The Hall–Kier alpha value is -0.690. The molecule has 0 spiro atoms. The van der Waals surface area contributed by atoms with Crippen molar-refractivity contribution in [3.8, 4) is 0 Å². The summed E-state index contributed by atoms with van der Waals surface area (Å²) in [5, 5.41) is 0.147. The van der Waals surface area contributed by atoms with E-state index in [9.17, 15) is 8.42 Å². The summed E-state index contributed by atoms with van der Waals surface area (Å²) >= 11 is 0. The van der Waals surface area contributed by atoms with Gasteiger partial charge in [-0.1, -0.05) is 0 Å². The number of nitrogens with zero attached hydrogens (tertiary/aromatic N) is 2. The van der Waals surface area contributed by atoms with E-state index in [1.165, 1.54) is 10.5 Å². The Balaban J connectivity index is 0.00000180. The third kappa shape index (κ3) is 3.66. The first-order valence-corrected chi connectivity index (χ1v) is 7.61. The summed E-state index contributed by atoms with van der Waals surface area (Å²) < 4.78 is 26.2. The molecule has 0 amide bonds. The van der Waals surface area contributed by atoms with Gasteiger partial charge in [0.05, 0.1) is 0 Å². The van der Waals surface area contributed by atoms with E-state index in [0.717, 1.165) is 18.4 Å². The first-order valence-electron chi connectivity index (χ1n) is 6.17. The van der Waals surface area contributed by atoms with Crippen molar-refractivity contribution >= 4 is 22.4 Å². The van der Waals surface area contributed by atoms with E-state index < -0.39 is 10.0 Å². The van der Waals surface area contributed by atoms with E-state index in [4.69, 9.17) is 5.73 Å². The van der Waals surface area contributed by atoms with Crippen molar-refractivity contribution in [1.82, 2.24) is 9.29 Å². The first kappa shape index (κ1) is 16.4. The smallest absolute Gasteiger partial charge is 0.260 e. The van der Waals surface area contributed by atoms with Crippen LogP contribution in [-0.2, 0) is 10.0 Å². The van der Waals surface area contributed by atoms with Crippen LogP contribution in [0.15, 0.2) is 23.4 Å². The van der Waals surface area contributed by atoms with E-state index in [-0.39, 0.29) is 17.4 Å². The number of rotatable bonds is 3. The van der Waals surface area contributed by atoms with E-state index in [2.05, 4.69) is 4.98 Å². The van der Waals surface area contributed by atoms with Gasteiger partial charge in [-0.3, -0.25) is 0 Å². The van der Waals surface area contributed by atoms with Crippen LogP contribution in [0.5, 0.6) is 0 Å². The summed E-state index contributed by atoms with van der Waals surface area (Å²) in [6.07, 6.45) is 3.21. The molecule has 5 nitrogen and oxygen atoms in total. The van der Waals surface area contributed by atoms with Gasteiger partial charge in [-0.05, 0) is 49.9 Å². The molecule has 2 heterocycles. The molecule has 1 aromatic rings. The maximum absolute atomic E-state index is 12.4. The monoisotopic (exact) mass is 305 g/mol. The molecule has 0 aromatic carbocycles. The van der Waals surface area contributed by atoms with Crippen molar-refractivity contribution in [2.75, 3.05) is 19.6 Å². The second-order valence-corrected chi connectivity index (χ2v) is 6.64. The van der Waals surface area contributed by atoms with Crippen molar-refractivity contribution in [2.45, 2.75) is 24.8 Å². The number of sulfonamides is 1. The van der Waals surface area contributed by atoms with Gasteiger partial charge in [0.2, 0.25) is 0 Å². The largest absolute Gasteiger partial charge is 0.330 e. The molecule has 0 saturated carbocycles. The van der Waals surface area contributed by atoms with E-state index in [1.54, 1.807) is 12.1 Å². The Bertz CT molecular complexity index is 513. The van der Waals surface area contributed by atoms with Gasteiger partial charge < -0.3 is 5.73 Å². The van der Waals surface area contributed by atoms with Crippen LogP contribution >= 0.6 is 12.4 Å². The molecule has 1 fully saturated rings. The lowest BCUT2D eigenvalue weighted by atomic mass is 9.99. The number of pyridine rings is 1. The molecular weight excluding hydrogens is 286 g/mol. The molecule has 1 aliphatic rings. The SMILES string of the molecule is Cc1ccnc(S(=O)(=O)N2CCC(CN)CC2)c1.Cl. The van der Waals surface area contributed by atoms with Crippen LogP contribution in [0, 0.1) is 12.8 Å². The standard InChI is InChI=1S/C12H19N3O2S.ClH/c1-10-2-5-14-12(8-10)18(16,17)15-6-3-11(9-13)4-7-15;/h2,5,8,11H,3-4,6-7,9,13H2,1H3;1H. The summed E-state index contributed by atoms with van der Waals surface area (Å²) in [4.78, 5) is 3.97. The van der Waals surface area contributed by atoms with Gasteiger partial charge in [0, 0.05) is 19.3 Å². The molecule has 1 saturated heterocycles. The van der Waals surface area contributed by atoms with Gasteiger partial charge in [-0.25, -0.2) is 13.4 Å². The lowest BCUT2D eigenvalue weighted by Crippen LogP contribution is -2.40. The maximum Gasteiger partial charge on any atom is 0.260 e. The highest BCUT2D eigenvalue weighted by molar-refractivity contribution is 7.89. The topological polar surface area (TPSA) is 76.3 Å². The van der Waals surface area contributed by atoms with Crippen LogP contribution in [0.25, 0.3) is 0 Å². The number of nitrogens with two attached hydrogens (primary N) is 1. The minimum absolute atomic E-state index is 0. The zero-order chi connectivity index (χ0) is 13.2. The molecule has 2 rings (SSSR count). The van der Waals surface area contributed by atoms with Crippen molar-refractivity contribution in [3.63, 3.8) is 0 Å². The molecule has 0 unspecified atom stereocenters. The number of piperidine rings is 1. The highest BCUT2D eigenvalue weighted by atomic mass is 35.5. The predicted molar refractivity (Wildman–Crippen MR) is 76.8 cm³/mol. The van der Waals surface area contributed by atoms with Gasteiger partial charge in [0.15, 0.2) is 5.03 Å². The molecule has 108 valence electrons. The third-order valence-corrected chi connectivity index (χ3v) is 5.20. The number of hydrogen-bond donors (Lipinski definition) is 1. The van der Waals surface area contributed by atoms with Gasteiger partial charge in [-0.15, -0.1) is 12.4 Å². The zero-order valence-electron chi connectivity index (χ0n) is 10.9. The minimum atomic E-state index is -3.43. The first-order chi connectivity index (χ1) is 8.54. The van der Waals surface area contributed by atoms with Crippen LogP contribution in [0.1, 0.15) is 18.4 Å². The Morgan fingerprint density at radius 3 is 2.58 bits per heavy atom. The Morgan fingerprint density at radius 1 is 1.42 bits per heavy atom. The summed E-state index contributed by atoms with van der Waals surface area (Å²) in [7, 11) is -3.43. The average molecular weight is 306 g/mol. The van der Waals surface area contributed by atoms with Crippen LogP contribution in [0.3, 0.4) is 0 Å². The van der Waals surface area contributed by atoms with Gasteiger partial charge in [0.25, 0.3) is 10.0 Å². The predicted octanol–water partition coefficient (Wildman–Crippen LogP) is 1.17. The summed E-state index contributed by atoms with van der Waals surface area (Å²) in [6.45, 7) is 3.58. The highest BCUT2D eigenvalue weighted by Gasteiger charge is 2.29. The van der Waals surface area contributed by atoms with E-state index >= 15 is 0 Å². The number of hydrogen-bond acceptors (Lipinski definition) is 4. The van der Waals surface area contributed by atoms with Crippen molar-refractivity contribution in [2.24, 2.45) is 11.7 Å². The number of aryl methyl sites for hydroxylation is 1. The lowest BCUT2D eigenvalue weighted by Gasteiger charge is -2.30. The van der Waals surface area contributed by atoms with Crippen molar-refractivity contribution < 1.29 is 8.42 Å². The van der Waals surface area contributed by atoms with E-state index in [1.807, 2.05) is 6.92 Å². The number of halogens is 1. The van der Waals surface area contributed by atoms with Crippen molar-refractivity contribution in [3.05, 3.63) is 23.9 Å². The fourth-order valence-electron chi connectivity index (χ4n) is 2.17. The summed E-state index contributed by atoms with van der Waals surface area (Å²) in [6, 6.07) is 3.41. The molecule has 2 N–H and O–H groups in total. The fourth-order valence-corrected chi connectivity index (χ4v) is 3.65. The molecule has 0 atom stereocenters. The second kappa shape index (κ2) is 6.65. The van der Waals surface area contributed by atoms with Crippen LogP contribution < -0.4 is 5.73 Å². The Kier molecular flexibility index (Phi) is 5.73. The molecule has 0 radical (unpaired) electrons. The van der Waals surface area contributed by atoms with Crippen LogP contribution in [0.2, 0.25) is 0 Å². The maximum atomic E-state index is 12.4. The van der Waals surface area contributed by atoms with Crippen molar-refractivity contribution in [1.29, 1.82) is 0 Å². The normalized spacial score (nSPS) is 18.0. The van der Waals surface area contributed by atoms with Gasteiger partial charge in [-0.2, -0.15) is 4.31 Å². The molecular formula is C12H20ClN3O2S. The quantitative estimate of drug-likeness (QED) is 0.909. The molecule has 19 heavy (non-hydrogen) atoms. The highest BCUT2D eigenvalue weighted by Crippen LogP contribution is 2.22. The van der Waals surface area contributed by atoms with Gasteiger partial charge >= 0.3 is 0 Å². The van der Waals surface area contributed by atoms with Crippen LogP contribution in [-0.4, -0.2) is 37.3 Å². The summed E-state index contributed by atoms with van der Waals surface area (Å²) in [5.41, 5.74) is 6.51. The molecule has 1 aromatic heterocycles. The molecule has 0 aliphatic carbocycles. The molecule has 1 aliphatic heterocycles. The number of aromatic nitrogens is 1. The minimum Gasteiger partial charge on any atom is -0.330 e. The average Bonchev–Trinajstić information content (AvgIpc) is 2.39.